The van der Waals surface area contributed by atoms with Crippen LogP contribution in [0.2, 0.25) is 0 Å². The molecule has 0 aromatic rings. The second-order valence-electron chi connectivity index (χ2n) is 5.72. The first-order valence-corrected chi connectivity index (χ1v) is 6.04. The van der Waals surface area contributed by atoms with E-state index in [0.29, 0.717) is 5.41 Å². The van der Waals surface area contributed by atoms with Crippen molar-refractivity contribution in [3.63, 3.8) is 0 Å². The molecule has 2 aliphatic carbocycles. The molecule has 0 aromatic carbocycles. The van der Waals surface area contributed by atoms with Crippen LogP contribution in [-0.4, -0.2) is 11.7 Å². The minimum atomic E-state index is 0.179. The second-order valence-corrected chi connectivity index (χ2v) is 5.72. The Balaban J connectivity index is 2.22. The molecule has 0 spiro atoms. The summed E-state index contributed by atoms with van der Waals surface area (Å²) in [6, 6.07) is 0. The van der Waals surface area contributed by atoms with Crippen LogP contribution >= 0.6 is 0 Å². The maximum Gasteiger partial charge on any atom is 0.0642 e. The average Bonchev–Trinajstić information content (AvgIpc) is 2.74. The van der Waals surface area contributed by atoms with E-state index in [4.69, 9.17) is 5.11 Å². The van der Waals surface area contributed by atoms with E-state index in [1.54, 1.807) is 5.57 Å². The van der Waals surface area contributed by atoms with Crippen LogP contribution in [0, 0.1) is 17.3 Å². The summed E-state index contributed by atoms with van der Waals surface area (Å²) in [5.74, 6) is 1.73. The van der Waals surface area contributed by atoms with Gasteiger partial charge in [0, 0.05) is 0 Å². The van der Waals surface area contributed by atoms with Crippen LogP contribution in [0.5, 0.6) is 0 Å². The topological polar surface area (TPSA) is 20.2 Å². The van der Waals surface area contributed by atoms with Crippen molar-refractivity contribution < 1.29 is 5.11 Å². The van der Waals surface area contributed by atoms with Crippen molar-refractivity contribution in [1.29, 1.82) is 0 Å². The van der Waals surface area contributed by atoms with Crippen LogP contribution in [0.3, 0.4) is 0 Å². The molecule has 0 aromatic heterocycles. The molecule has 0 heterocycles. The molecule has 0 aliphatic heterocycles. The van der Waals surface area contributed by atoms with Crippen molar-refractivity contribution in [3.8, 4) is 0 Å². The lowest BCUT2D eigenvalue weighted by atomic mass is 9.72. The molecule has 2 atom stereocenters. The Morgan fingerprint density at radius 3 is 2.73 bits per heavy atom. The van der Waals surface area contributed by atoms with Crippen molar-refractivity contribution in [1.82, 2.24) is 0 Å². The first-order valence-electron chi connectivity index (χ1n) is 6.04. The SMILES string of the molecule is C/C(=C\C=C1\C2CCC(C2)C1(C)C)CO. The molecule has 2 aliphatic rings. The number of aliphatic hydroxyl groups excluding tert-OH is 1. The van der Waals surface area contributed by atoms with Gasteiger partial charge in [0.2, 0.25) is 0 Å². The van der Waals surface area contributed by atoms with E-state index in [9.17, 15) is 0 Å². The molecule has 1 heteroatoms. The molecule has 2 rings (SSSR count). The van der Waals surface area contributed by atoms with E-state index >= 15 is 0 Å². The maximum atomic E-state index is 8.97. The van der Waals surface area contributed by atoms with Gasteiger partial charge in [-0.3, -0.25) is 0 Å². The summed E-state index contributed by atoms with van der Waals surface area (Å²) in [5.41, 5.74) is 3.07. The van der Waals surface area contributed by atoms with Crippen LogP contribution in [0.1, 0.15) is 40.0 Å². The zero-order chi connectivity index (χ0) is 11.1. The fourth-order valence-electron chi connectivity index (χ4n) is 3.32. The predicted molar refractivity (Wildman–Crippen MR) is 63.5 cm³/mol. The van der Waals surface area contributed by atoms with E-state index in [1.165, 1.54) is 19.3 Å². The van der Waals surface area contributed by atoms with Gasteiger partial charge in [-0.2, -0.15) is 0 Å². The summed E-state index contributed by atoms with van der Waals surface area (Å²) in [5, 5.41) is 8.97. The third-order valence-corrected chi connectivity index (χ3v) is 4.43. The summed E-state index contributed by atoms with van der Waals surface area (Å²) in [7, 11) is 0. The van der Waals surface area contributed by atoms with Gasteiger partial charge < -0.3 is 5.11 Å². The summed E-state index contributed by atoms with van der Waals surface area (Å²) in [6.45, 7) is 6.92. The molecule has 2 unspecified atom stereocenters. The Morgan fingerprint density at radius 1 is 1.47 bits per heavy atom. The number of rotatable bonds is 2. The minimum absolute atomic E-state index is 0.179. The summed E-state index contributed by atoms with van der Waals surface area (Å²) >= 11 is 0. The molecular weight excluding hydrogens is 184 g/mol. The molecule has 0 radical (unpaired) electrons. The lowest BCUT2D eigenvalue weighted by Crippen LogP contribution is -2.22. The first kappa shape index (κ1) is 10.9. The molecule has 15 heavy (non-hydrogen) atoms. The molecule has 84 valence electrons. The van der Waals surface area contributed by atoms with Crippen LogP contribution in [0.4, 0.5) is 0 Å². The van der Waals surface area contributed by atoms with Crippen molar-refractivity contribution in [3.05, 3.63) is 23.3 Å². The van der Waals surface area contributed by atoms with Crippen molar-refractivity contribution in [2.45, 2.75) is 40.0 Å². The highest BCUT2D eigenvalue weighted by atomic mass is 16.3. The quantitative estimate of drug-likeness (QED) is 0.735. The number of aliphatic hydroxyl groups is 1. The minimum Gasteiger partial charge on any atom is -0.392 e. The first-order chi connectivity index (χ1) is 7.05. The van der Waals surface area contributed by atoms with Crippen LogP contribution in [0.25, 0.3) is 0 Å². The zero-order valence-electron chi connectivity index (χ0n) is 10.1. The highest BCUT2D eigenvalue weighted by Gasteiger charge is 2.48. The molecule has 1 N–H and O–H groups in total. The normalized spacial score (nSPS) is 36.5. The lowest BCUT2D eigenvalue weighted by Gasteiger charge is -2.32. The van der Waals surface area contributed by atoms with E-state index in [2.05, 4.69) is 26.0 Å². The molecule has 0 amide bonds. The third kappa shape index (κ3) is 1.78. The number of hydrogen-bond acceptors (Lipinski definition) is 1. The standard InChI is InChI=1S/C14H22O/c1-10(9-15)4-7-13-11-5-6-12(8-11)14(13,2)3/h4,7,11-12,15H,5-6,8-9H2,1-3H3/b10-4+,13-7-. The molecule has 2 bridgehead atoms. The van der Waals surface area contributed by atoms with Gasteiger partial charge in [-0.05, 0) is 49.0 Å². The van der Waals surface area contributed by atoms with E-state index in [0.717, 1.165) is 17.4 Å². The summed E-state index contributed by atoms with van der Waals surface area (Å²) in [6.07, 6.45) is 8.56. The van der Waals surface area contributed by atoms with Gasteiger partial charge in [-0.25, -0.2) is 0 Å². The highest BCUT2D eigenvalue weighted by Crippen LogP contribution is 2.58. The van der Waals surface area contributed by atoms with Crippen molar-refractivity contribution >= 4 is 0 Å². The number of allylic oxidation sites excluding steroid dienone is 3. The van der Waals surface area contributed by atoms with Gasteiger partial charge in [-0.1, -0.05) is 31.6 Å². The number of hydrogen-bond donors (Lipinski definition) is 1. The largest absolute Gasteiger partial charge is 0.392 e. The highest BCUT2D eigenvalue weighted by molar-refractivity contribution is 5.30. The molecule has 2 saturated carbocycles. The third-order valence-electron chi connectivity index (χ3n) is 4.43. The summed E-state index contributed by atoms with van der Waals surface area (Å²) < 4.78 is 0. The Labute approximate surface area is 92.9 Å². The Bertz CT molecular complexity index is 309. The predicted octanol–water partition coefficient (Wildman–Crippen LogP) is 3.31. The average molecular weight is 206 g/mol. The van der Waals surface area contributed by atoms with Crippen LogP contribution < -0.4 is 0 Å². The van der Waals surface area contributed by atoms with Crippen molar-refractivity contribution in [2.24, 2.45) is 17.3 Å². The van der Waals surface area contributed by atoms with Gasteiger partial charge in [-0.15, -0.1) is 0 Å². The zero-order valence-corrected chi connectivity index (χ0v) is 10.1. The van der Waals surface area contributed by atoms with E-state index < -0.39 is 0 Å². The van der Waals surface area contributed by atoms with Crippen molar-refractivity contribution in [2.75, 3.05) is 6.61 Å². The van der Waals surface area contributed by atoms with Gasteiger partial charge in [0.25, 0.3) is 0 Å². The Hall–Kier alpha value is -0.560. The molecule has 2 fully saturated rings. The number of fused-ring (bicyclic) bond motifs is 2. The Morgan fingerprint density at radius 2 is 2.20 bits per heavy atom. The van der Waals surface area contributed by atoms with Gasteiger partial charge in [0.1, 0.15) is 0 Å². The molecular formula is C14H22O. The van der Waals surface area contributed by atoms with E-state index in [-0.39, 0.29) is 6.61 Å². The smallest absolute Gasteiger partial charge is 0.0642 e. The summed E-state index contributed by atoms with van der Waals surface area (Å²) in [4.78, 5) is 0. The van der Waals surface area contributed by atoms with Gasteiger partial charge in [0.15, 0.2) is 0 Å². The lowest BCUT2D eigenvalue weighted by molar-refractivity contribution is 0.288. The van der Waals surface area contributed by atoms with Gasteiger partial charge in [0.05, 0.1) is 6.61 Å². The van der Waals surface area contributed by atoms with E-state index in [1.807, 2.05) is 6.92 Å². The maximum absolute atomic E-state index is 8.97. The van der Waals surface area contributed by atoms with Gasteiger partial charge >= 0.3 is 0 Å². The Kier molecular flexibility index (Phi) is 2.76. The monoisotopic (exact) mass is 206 g/mol. The van der Waals surface area contributed by atoms with Crippen LogP contribution in [-0.2, 0) is 0 Å². The fraction of sp³-hybridized carbons (Fsp3) is 0.714. The molecule has 0 saturated heterocycles. The second kappa shape index (κ2) is 3.79. The fourth-order valence-corrected chi connectivity index (χ4v) is 3.32. The van der Waals surface area contributed by atoms with Crippen LogP contribution in [0.15, 0.2) is 23.3 Å². The molecule has 1 nitrogen and oxygen atoms in total.